The highest BCUT2D eigenvalue weighted by Crippen LogP contribution is 2.21. The molecule has 1 aromatic heterocycles. The number of carbonyl (C=O) groups is 1. The van der Waals surface area contributed by atoms with E-state index in [2.05, 4.69) is 21.4 Å². The van der Waals surface area contributed by atoms with Gasteiger partial charge in [0.25, 0.3) is 11.7 Å². The second-order valence-electron chi connectivity index (χ2n) is 3.97. The maximum atomic E-state index is 11.8. The van der Waals surface area contributed by atoms with Crippen molar-refractivity contribution in [2.75, 3.05) is 20.1 Å². The molecule has 0 spiro atoms. The van der Waals surface area contributed by atoms with E-state index in [4.69, 9.17) is 10.9 Å². The van der Waals surface area contributed by atoms with Gasteiger partial charge in [-0.05, 0) is 19.4 Å². The lowest BCUT2D eigenvalue weighted by Gasteiger charge is -2.09. The van der Waals surface area contributed by atoms with Gasteiger partial charge in [-0.3, -0.25) is 4.79 Å². The van der Waals surface area contributed by atoms with Crippen molar-refractivity contribution in [3.63, 3.8) is 0 Å². The summed E-state index contributed by atoms with van der Waals surface area (Å²) >= 11 is 0. The molecule has 2 rings (SSSR count). The van der Waals surface area contributed by atoms with Crippen LogP contribution in [-0.2, 0) is 0 Å². The Kier molecular flexibility index (Phi) is 3.40. The lowest BCUT2D eigenvalue weighted by molar-refractivity contribution is 0.0797. The van der Waals surface area contributed by atoms with Crippen molar-refractivity contribution in [3.8, 4) is 12.3 Å². The first-order chi connectivity index (χ1) is 8.22. The highest BCUT2D eigenvalue weighted by Gasteiger charge is 2.25. The number of aromatic nitrogens is 2. The average Bonchev–Trinajstić information content (AvgIpc) is 2.98. The van der Waals surface area contributed by atoms with Gasteiger partial charge in [0, 0.05) is 7.05 Å². The third kappa shape index (κ3) is 2.45. The summed E-state index contributed by atoms with van der Waals surface area (Å²) in [4.78, 5) is 17.3. The summed E-state index contributed by atoms with van der Waals surface area (Å²) in [5, 5.41) is 6.90. The van der Waals surface area contributed by atoms with Gasteiger partial charge in [-0.25, -0.2) is 0 Å². The van der Waals surface area contributed by atoms with Crippen molar-refractivity contribution >= 4 is 5.91 Å². The summed E-state index contributed by atoms with van der Waals surface area (Å²) < 4.78 is 5.08. The van der Waals surface area contributed by atoms with E-state index in [9.17, 15) is 4.79 Å². The van der Waals surface area contributed by atoms with Gasteiger partial charge in [0.15, 0.2) is 0 Å². The minimum atomic E-state index is -0.323. The molecule has 6 heteroatoms. The number of amides is 1. The van der Waals surface area contributed by atoms with Gasteiger partial charge in [-0.1, -0.05) is 11.1 Å². The van der Waals surface area contributed by atoms with E-state index in [1.54, 1.807) is 7.05 Å². The highest BCUT2D eigenvalue weighted by atomic mass is 16.5. The molecule has 1 fully saturated rings. The maximum absolute atomic E-state index is 11.8. The molecule has 2 heterocycles. The summed E-state index contributed by atoms with van der Waals surface area (Å²) in [5.41, 5.74) is 0. The Bertz CT molecular complexity index is 443. The van der Waals surface area contributed by atoms with Crippen LogP contribution in [0.4, 0.5) is 0 Å². The Balaban J connectivity index is 2.07. The van der Waals surface area contributed by atoms with E-state index in [0.29, 0.717) is 5.89 Å². The minimum absolute atomic E-state index is 0.0615. The molecule has 6 nitrogen and oxygen atoms in total. The number of nitrogens with zero attached hydrogens (tertiary/aromatic N) is 3. The van der Waals surface area contributed by atoms with E-state index in [-0.39, 0.29) is 24.3 Å². The fraction of sp³-hybridized carbons (Fsp3) is 0.545. The van der Waals surface area contributed by atoms with Gasteiger partial charge in [-0.2, -0.15) is 4.98 Å². The first-order valence-corrected chi connectivity index (χ1v) is 5.48. The number of hydrogen-bond donors (Lipinski definition) is 1. The van der Waals surface area contributed by atoms with Gasteiger partial charge in [0.1, 0.15) is 0 Å². The Hall–Kier alpha value is -1.87. The zero-order chi connectivity index (χ0) is 12.3. The van der Waals surface area contributed by atoms with E-state index < -0.39 is 0 Å². The molecule has 1 aromatic rings. The molecule has 1 unspecified atom stereocenters. The smallest absolute Gasteiger partial charge is 0.295 e. The molecule has 0 radical (unpaired) electrons. The molecule has 1 N–H and O–H groups in total. The molecular weight excluding hydrogens is 220 g/mol. The van der Waals surface area contributed by atoms with Crippen molar-refractivity contribution in [1.29, 1.82) is 0 Å². The average molecular weight is 234 g/mol. The van der Waals surface area contributed by atoms with Crippen molar-refractivity contribution in [3.05, 3.63) is 11.7 Å². The number of carbonyl (C=O) groups excluding carboxylic acids is 1. The minimum Gasteiger partial charge on any atom is -0.337 e. The van der Waals surface area contributed by atoms with Crippen LogP contribution in [0.5, 0.6) is 0 Å². The van der Waals surface area contributed by atoms with Gasteiger partial charge in [0.05, 0.1) is 12.6 Å². The van der Waals surface area contributed by atoms with Gasteiger partial charge in [0.2, 0.25) is 5.89 Å². The van der Waals surface area contributed by atoms with E-state index >= 15 is 0 Å². The van der Waals surface area contributed by atoms with Crippen LogP contribution in [-0.4, -0.2) is 41.1 Å². The zero-order valence-corrected chi connectivity index (χ0v) is 9.64. The third-order valence-electron chi connectivity index (χ3n) is 2.67. The first-order valence-electron chi connectivity index (χ1n) is 5.48. The topological polar surface area (TPSA) is 71.3 Å². The number of terminal acetylenes is 1. The Morgan fingerprint density at radius 1 is 1.76 bits per heavy atom. The normalized spacial score (nSPS) is 18.9. The fourth-order valence-corrected chi connectivity index (χ4v) is 1.74. The van der Waals surface area contributed by atoms with Gasteiger partial charge >= 0.3 is 0 Å². The second-order valence-corrected chi connectivity index (χ2v) is 3.97. The first kappa shape index (κ1) is 11.6. The maximum Gasteiger partial charge on any atom is 0.295 e. The van der Waals surface area contributed by atoms with Crippen LogP contribution in [0.15, 0.2) is 4.52 Å². The number of hydrogen-bond acceptors (Lipinski definition) is 5. The predicted octanol–water partition coefficient (Wildman–Crippen LogP) is 0.199. The Morgan fingerprint density at radius 2 is 2.59 bits per heavy atom. The molecule has 1 aliphatic rings. The van der Waals surface area contributed by atoms with Gasteiger partial charge in [-0.15, -0.1) is 6.42 Å². The van der Waals surface area contributed by atoms with Crippen molar-refractivity contribution in [2.24, 2.45) is 0 Å². The molecule has 1 saturated heterocycles. The van der Waals surface area contributed by atoms with Gasteiger partial charge < -0.3 is 14.7 Å². The van der Waals surface area contributed by atoms with Crippen LogP contribution in [0.25, 0.3) is 0 Å². The molecule has 17 heavy (non-hydrogen) atoms. The molecule has 90 valence electrons. The van der Waals surface area contributed by atoms with Crippen LogP contribution in [0.3, 0.4) is 0 Å². The summed E-state index contributed by atoms with van der Waals surface area (Å²) in [6, 6.07) is 0.0713. The summed E-state index contributed by atoms with van der Waals surface area (Å²) in [5.74, 6) is 2.60. The molecule has 1 atom stereocenters. The van der Waals surface area contributed by atoms with Crippen LogP contribution >= 0.6 is 0 Å². The Labute approximate surface area is 99.4 Å². The molecule has 0 saturated carbocycles. The SMILES string of the molecule is C#CCN(C)C(=O)c1noc(C2CCCN2)n1. The summed E-state index contributed by atoms with van der Waals surface area (Å²) in [6.07, 6.45) is 7.16. The van der Waals surface area contributed by atoms with E-state index in [1.165, 1.54) is 4.90 Å². The molecule has 1 amide bonds. The number of rotatable bonds is 3. The van der Waals surface area contributed by atoms with E-state index in [0.717, 1.165) is 19.4 Å². The largest absolute Gasteiger partial charge is 0.337 e. The van der Waals surface area contributed by atoms with Crippen LogP contribution in [0, 0.1) is 12.3 Å². The monoisotopic (exact) mass is 234 g/mol. The van der Waals surface area contributed by atoms with E-state index in [1.807, 2.05) is 0 Å². The highest BCUT2D eigenvalue weighted by molar-refractivity contribution is 5.90. The van der Waals surface area contributed by atoms with Crippen LogP contribution in [0.2, 0.25) is 0 Å². The quantitative estimate of drug-likeness (QED) is 0.756. The standard InChI is InChI=1S/C11H14N4O2/c1-3-7-15(2)11(16)9-13-10(17-14-9)8-5-4-6-12-8/h1,8,12H,4-7H2,2H3. The summed E-state index contributed by atoms with van der Waals surface area (Å²) in [6.45, 7) is 1.16. The number of nitrogens with one attached hydrogen (secondary N) is 1. The zero-order valence-electron chi connectivity index (χ0n) is 9.64. The Morgan fingerprint density at radius 3 is 3.24 bits per heavy atom. The fourth-order valence-electron chi connectivity index (χ4n) is 1.74. The predicted molar refractivity (Wildman–Crippen MR) is 60.1 cm³/mol. The lowest BCUT2D eigenvalue weighted by atomic mass is 10.2. The van der Waals surface area contributed by atoms with Crippen molar-refractivity contribution in [2.45, 2.75) is 18.9 Å². The van der Waals surface area contributed by atoms with Crippen molar-refractivity contribution in [1.82, 2.24) is 20.4 Å². The molecule has 0 aromatic carbocycles. The molecule has 1 aliphatic heterocycles. The van der Waals surface area contributed by atoms with Crippen LogP contribution < -0.4 is 5.32 Å². The van der Waals surface area contributed by atoms with Crippen LogP contribution in [0.1, 0.15) is 35.4 Å². The molecule has 0 aliphatic carbocycles. The third-order valence-corrected chi connectivity index (χ3v) is 2.67. The summed E-state index contributed by atoms with van der Waals surface area (Å²) in [7, 11) is 1.60. The molecular formula is C11H14N4O2. The second kappa shape index (κ2) is 4.97. The van der Waals surface area contributed by atoms with Crippen molar-refractivity contribution < 1.29 is 9.32 Å². The molecule has 0 bridgehead atoms. The lowest BCUT2D eigenvalue weighted by Crippen LogP contribution is -2.28.